The Hall–Kier alpha value is -2.86. The van der Waals surface area contributed by atoms with E-state index in [9.17, 15) is 9.59 Å². The molecular formula is C28H35N3O3. The SMILES string of the molecule is COc1cc(C)c(C(=O)NC2CCc3ccc(C(=O)N4CCC5(CCNCC5)C4)cc32)c(C)c1. The van der Waals surface area contributed by atoms with Crippen LogP contribution in [0.5, 0.6) is 5.75 Å². The van der Waals surface area contributed by atoms with Gasteiger partial charge in [0.2, 0.25) is 0 Å². The van der Waals surface area contributed by atoms with Crippen LogP contribution in [0.25, 0.3) is 0 Å². The minimum atomic E-state index is -0.0782. The third kappa shape index (κ3) is 4.20. The molecule has 2 heterocycles. The quantitative estimate of drug-likeness (QED) is 0.724. The number of nitrogens with one attached hydrogen (secondary N) is 2. The zero-order valence-electron chi connectivity index (χ0n) is 20.5. The maximum Gasteiger partial charge on any atom is 0.253 e. The van der Waals surface area contributed by atoms with Crippen LogP contribution >= 0.6 is 0 Å². The standard InChI is InChI=1S/C28H35N3O3/c1-18-14-22(34-3)15-19(2)25(18)26(32)30-24-7-6-20-4-5-21(16-23(20)24)27(33)31-13-10-28(17-31)8-11-29-12-9-28/h4-5,14-16,24,29H,6-13,17H2,1-3H3,(H,30,32). The monoisotopic (exact) mass is 461 g/mol. The number of amides is 2. The van der Waals surface area contributed by atoms with Crippen LogP contribution in [0.2, 0.25) is 0 Å². The molecule has 2 N–H and O–H groups in total. The molecule has 1 spiro atoms. The number of methoxy groups -OCH3 is 1. The molecule has 2 fully saturated rings. The first-order valence-corrected chi connectivity index (χ1v) is 12.5. The first kappa shape index (κ1) is 22.9. The summed E-state index contributed by atoms with van der Waals surface area (Å²) in [7, 11) is 1.64. The molecule has 1 atom stereocenters. The molecule has 5 rings (SSSR count). The number of aryl methyl sites for hydroxylation is 3. The van der Waals surface area contributed by atoms with Gasteiger partial charge in [0, 0.05) is 24.2 Å². The Morgan fingerprint density at radius 1 is 1.09 bits per heavy atom. The summed E-state index contributed by atoms with van der Waals surface area (Å²) in [5, 5.41) is 6.68. The van der Waals surface area contributed by atoms with Gasteiger partial charge < -0.3 is 20.3 Å². The van der Waals surface area contributed by atoms with Gasteiger partial charge in [-0.3, -0.25) is 9.59 Å². The van der Waals surface area contributed by atoms with E-state index in [1.165, 1.54) is 5.56 Å². The van der Waals surface area contributed by atoms with Gasteiger partial charge >= 0.3 is 0 Å². The normalized spacial score (nSPS) is 20.9. The Kier molecular flexibility index (Phi) is 6.11. The summed E-state index contributed by atoms with van der Waals surface area (Å²) in [5.74, 6) is 0.811. The van der Waals surface area contributed by atoms with Crippen LogP contribution in [0.1, 0.15) is 74.7 Å². The van der Waals surface area contributed by atoms with E-state index in [4.69, 9.17) is 4.74 Å². The fourth-order valence-electron chi connectivity index (χ4n) is 6.17. The zero-order chi connectivity index (χ0) is 23.9. The molecule has 6 nitrogen and oxygen atoms in total. The number of hydrogen-bond donors (Lipinski definition) is 2. The molecule has 2 amide bonds. The number of fused-ring (bicyclic) bond motifs is 1. The zero-order valence-corrected chi connectivity index (χ0v) is 20.5. The van der Waals surface area contributed by atoms with E-state index in [0.29, 0.717) is 11.0 Å². The highest BCUT2D eigenvalue weighted by Gasteiger charge is 2.40. The molecule has 1 unspecified atom stereocenters. The van der Waals surface area contributed by atoms with Gasteiger partial charge in [0.05, 0.1) is 13.2 Å². The summed E-state index contributed by atoms with van der Waals surface area (Å²) in [6, 6.07) is 9.78. The molecule has 0 aromatic heterocycles. The molecule has 34 heavy (non-hydrogen) atoms. The van der Waals surface area contributed by atoms with Gasteiger partial charge in [0.25, 0.3) is 11.8 Å². The van der Waals surface area contributed by atoms with E-state index >= 15 is 0 Å². The second-order valence-electron chi connectivity index (χ2n) is 10.3. The van der Waals surface area contributed by atoms with Gasteiger partial charge in [-0.2, -0.15) is 0 Å². The molecular weight excluding hydrogens is 426 g/mol. The largest absolute Gasteiger partial charge is 0.497 e. The summed E-state index contributed by atoms with van der Waals surface area (Å²) >= 11 is 0. The predicted molar refractivity (Wildman–Crippen MR) is 132 cm³/mol. The van der Waals surface area contributed by atoms with Crippen molar-refractivity contribution >= 4 is 11.8 Å². The maximum atomic E-state index is 13.4. The Morgan fingerprint density at radius 2 is 1.82 bits per heavy atom. The van der Waals surface area contributed by atoms with E-state index in [0.717, 1.165) is 86.3 Å². The first-order valence-electron chi connectivity index (χ1n) is 12.5. The summed E-state index contributed by atoms with van der Waals surface area (Å²) in [4.78, 5) is 28.6. The third-order valence-corrected chi connectivity index (χ3v) is 8.13. The first-order chi connectivity index (χ1) is 16.4. The molecule has 2 aliphatic heterocycles. The number of likely N-dealkylation sites (tertiary alicyclic amines) is 1. The molecule has 0 radical (unpaired) electrons. The van der Waals surface area contributed by atoms with Crippen LogP contribution in [-0.4, -0.2) is 50.0 Å². The molecule has 2 saturated heterocycles. The van der Waals surface area contributed by atoms with Crippen molar-refractivity contribution in [1.82, 2.24) is 15.5 Å². The van der Waals surface area contributed by atoms with Crippen molar-refractivity contribution in [1.29, 1.82) is 0 Å². The Morgan fingerprint density at radius 3 is 2.53 bits per heavy atom. The molecule has 6 heteroatoms. The smallest absolute Gasteiger partial charge is 0.253 e. The highest BCUT2D eigenvalue weighted by molar-refractivity contribution is 5.98. The van der Waals surface area contributed by atoms with Crippen molar-refractivity contribution in [2.45, 2.75) is 52.0 Å². The fourth-order valence-corrected chi connectivity index (χ4v) is 6.17. The highest BCUT2D eigenvalue weighted by Crippen LogP contribution is 2.39. The van der Waals surface area contributed by atoms with E-state index in [1.807, 2.05) is 43.0 Å². The molecule has 3 aliphatic rings. The van der Waals surface area contributed by atoms with Crippen LogP contribution in [0.3, 0.4) is 0 Å². The van der Waals surface area contributed by atoms with Crippen molar-refractivity contribution in [3.05, 3.63) is 63.7 Å². The lowest BCUT2D eigenvalue weighted by Gasteiger charge is -2.33. The molecule has 2 aromatic carbocycles. The van der Waals surface area contributed by atoms with E-state index in [1.54, 1.807) is 7.11 Å². The Balaban J connectivity index is 1.32. The topological polar surface area (TPSA) is 70.7 Å². The lowest BCUT2D eigenvalue weighted by molar-refractivity contribution is 0.0761. The Bertz CT molecular complexity index is 1100. The van der Waals surface area contributed by atoms with Crippen LogP contribution in [-0.2, 0) is 6.42 Å². The van der Waals surface area contributed by atoms with Crippen LogP contribution in [0.4, 0.5) is 0 Å². The number of piperidine rings is 1. The lowest BCUT2D eigenvalue weighted by Crippen LogP contribution is -2.39. The number of benzene rings is 2. The second kappa shape index (κ2) is 9.06. The Labute approximate surface area is 202 Å². The lowest BCUT2D eigenvalue weighted by atomic mass is 9.78. The van der Waals surface area contributed by atoms with Gasteiger partial charge in [-0.05, 0) is 111 Å². The van der Waals surface area contributed by atoms with Crippen molar-refractivity contribution in [2.75, 3.05) is 33.3 Å². The van der Waals surface area contributed by atoms with Gasteiger partial charge in [-0.15, -0.1) is 0 Å². The second-order valence-corrected chi connectivity index (χ2v) is 10.3. The average Bonchev–Trinajstić information content (AvgIpc) is 3.42. The number of carbonyl (C=O) groups is 2. The summed E-state index contributed by atoms with van der Waals surface area (Å²) in [6.07, 6.45) is 5.17. The summed E-state index contributed by atoms with van der Waals surface area (Å²) in [6.45, 7) is 7.68. The third-order valence-electron chi connectivity index (χ3n) is 8.13. The molecule has 180 valence electrons. The summed E-state index contributed by atoms with van der Waals surface area (Å²) < 4.78 is 5.33. The molecule has 0 bridgehead atoms. The van der Waals surface area contributed by atoms with Gasteiger partial charge in [0.1, 0.15) is 5.75 Å². The van der Waals surface area contributed by atoms with Crippen LogP contribution in [0, 0.1) is 19.3 Å². The minimum absolute atomic E-state index is 0.0698. The number of rotatable bonds is 4. The maximum absolute atomic E-state index is 13.4. The fraction of sp³-hybridized carbons (Fsp3) is 0.500. The predicted octanol–water partition coefficient (Wildman–Crippen LogP) is 3.95. The number of nitrogens with zero attached hydrogens (tertiary/aromatic N) is 1. The van der Waals surface area contributed by atoms with Gasteiger partial charge in [-0.1, -0.05) is 6.07 Å². The van der Waals surface area contributed by atoms with Crippen LogP contribution in [0.15, 0.2) is 30.3 Å². The minimum Gasteiger partial charge on any atom is -0.497 e. The van der Waals surface area contributed by atoms with Gasteiger partial charge in [-0.25, -0.2) is 0 Å². The number of ether oxygens (including phenoxy) is 1. The van der Waals surface area contributed by atoms with Crippen molar-refractivity contribution in [3.8, 4) is 5.75 Å². The van der Waals surface area contributed by atoms with E-state index in [2.05, 4.69) is 16.7 Å². The van der Waals surface area contributed by atoms with E-state index < -0.39 is 0 Å². The van der Waals surface area contributed by atoms with Crippen molar-refractivity contribution < 1.29 is 14.3 Å². The van der Waals surface area contributed by atoms with Gasteiger partial charge in [0.15, 0.2) is 0 Å². The van der Waals surface area contributed by atoms with E-state index in [-0.39, 0.29) is 17.9 Å². The average molecular weight is 462 g/mol. The molecule has 1 aliphatic carbocycles. The van der Waals surface area contributed by atoms with Crippen molar-refractivity contribution in [2.24, 2.45) is 5.41 Å². The van der Waals surface area contributed by atoms with Crippen LogP contribution < -0.4 is 15.4 Å². The summed E-state index contributed by atoms with van der Waals surface area (Å²) in [5.41, 5.74) is 5.84. The number of hydrogen-bond acceptors (Lipinski definition) is 4. The molecule has 0 saturated carbocycles. The highest BCUT2D eigenvalue weighted by atomic mass is 16.5. The number of carbonyl (C=O) groups excluding carboxylic acids is 2. The molecule has 2 aromatic rings. The van der Waals surface area contributed by atoms with Crippen molar-refractivity contribution in [3.63, 3.8) is 0 Å².